The topological polar surface area (TPSA) is 84.4 Å². The first-order valence-electron chi connectivity index (χ1n) is 10.7. The van der Waals surface area contributed by atoms with Crippen LogP contribution in [-0.2, 0) is 19.9 Å². The summed E-state index contributed by atoms with van der Waals surface area (Å²) in [7, 11) is 1.96. The zero-order valence-corrected chi connectivity index (χ0v) is 18.7. The molecule has 0 spiro atoms. The molecule has 4 rings (SSSR count). The predicted molar refractivity (Wildman–Crippen MR) is 121 cm³/mol. The SMILES string of the molecule is CCNC(=NCCc1nc(-c2ccc(Cl)cc2)no1)N1CCC(Cc2cnn(C)c2)C1. The minimum absolute atomic E-state index is 0.570. The van der Waals surface area contributed by atoms with Gasteiger partial charge in [-0.1, -0.05) is 16.8 Å². The van der Waals surface area contributed by atoms with Crippen molar-refractivity contribution in [2.75, 3.05) is 26.2 Å². The fourth-order valence-corrected chi connectivity index (χ4v) is 3.98. The van der Waals surface area contributed by atoms with Crippen LogP contribution in [0.15, 0.2) is 46.2 Å². The van der Waals surface area contributed by atoms with E-state index in [-0.39, 0.29) is 0 Å². The number of halogens is 1. The second-order valence-corrected chi connectivity index (χ2v) is 8.27. The third kappa shape index (κ3) is 5.64. The van der Waals surface area contributed by atoms with Crippen molar-refractivity contribution in [3.05, 3.63) is 53.1 Å². The molecule has 0 aliphatic carbocycles. The predicted octanol–water partition coefficient (Wildman–Crippen LogP) is 3.20. The maximum atomic E-state index is 5.94. The van der Waals surface area contributed by atoms with Gasteiger partial charge < -0.3 is 14.7 Å². The van der Waals surface area contributed by atoms with E-state index in [0.717, 1.165) is 44.0 Å². The highest BCUT2D eigenvalue weighted by atomic mass is 35.5. The molecule has 3 aromatic rings. The van der Waals surface area contributed by atoms with Gasteiger partial charge in [-0.15, -0.1) is 0 Å². The summed E-state index contributed by atoms with van der Waals surface area (Å²) in [6, 6.07) is 7.40. The lowest BCUT2D eigenvalue weighted by Crippen LogP contribution is -2.40. The van der Waals surface area contributed by atoms with Gasteiger partial charge in [-0.3, -0.25) is 9.67 Å². The summed E-state index contributed by atoms with van der Waals surface area (Å²) in [5, 5.41) is 12.4. The highest BCUT2D eigenvalue weighted by Gasteiger charge is 2.25. The van der Waals surface area contributed by atoms with E-state index in [1.807, 2.05) is 42.2 Å². The molecular formula is C22H28ClN7O. The highest BCUT2D eigenvalue weighted by Crippen LogP contribution is 2.21. The van der Waals surface area contributed by atoms with Crippen LogP contribution < -0.4 is 5.32 Å². The van der Waals surface area contributed by atoms with E-state index in [1.165, 1.54) is 5.56 Å². The monoisotopic (exact) mass is 441 g/mol. The molecule has 0 bridgehead atoms. The Morgan fingerprint density at radius 2 is 2.16 bits per heavy atom. The molecule has 1 fully saturated rings. The first-order valence-corrected chi connectivity index (χ1v) is 11.1. The van der Waals surface area contributed by atoms with Crippen molar-refractivity contribution in [1.29, 1.82) is 0 Å². The number of rotatable bonds is 7. The second kappa shape index (κ2) is 9.96. The van der Waals surface area contributed by atoms with E-state index in [4.69, 9.17) is 21.1 Å². The van der Waals surface area contributed by atoms with E-state index in [1.54, 1.807) is 0 Å². The molecule has 0 saturated carbocycles. The van der Waals surface area contributed by atoms with Crippen molar-refractivity contribution in [3.8, 4) is 11.4 Å². The van der Waals surface area contributed by atoms with Crippen LogP contribution >= 0.6 is 11.6 Å². The fourth-order valence-electron chi connectivity index (χ4n) is 3.86. The average Bonchev–Trinajstić information content (AvgIpc) is 3.50. The Hall–Kier alpha value is -2.87. The number of benzene rings is 1. The van der Waals surface area contributed by atoms with Gasteiger partial charge in [0.05, 0.1) is 12.7 Å². The van der Waals surface area contributed by atoms with Crippen LogP contribution in [0.2, 0.25) is 5.02 Å². The molecule has 1 unspecified atom stereocenters. The van der Waals surface area contributed by atoms with Gasteiger partial charge in [-0.05, 0) is 55.5 Å². The second-order valence-electron chi connectivity index (χ2n) is 7.83. The number of nitrogens with one attached hydrogen (secondary N) is 1. The Morgan fingerprint density at radius 3 is 2.90 bits per heavy atom. The summed E-state index contributed by atoms with van der Waals surface area (Å²) >= 11 is 5.94. The minimum Gasteiger partial charge on any atom is -0.357 e. The maximum absolute atomic E-state index is 5.94. The quantitative estimate of drug-likeness (QED) is 0.447. The van der Waals surface area contributed by atoms with Gasteiger partial charge in [0.15, 0.2) is 5.96 Å². The molecule has 1 saturated heterocycles. The number of aryl methyl sites for hydroxylation is 1. The van der Waals surface area contributed by atoms with E-state index < -0.39 is 0 Å². The molecule has 1 atom stereocenters. The smallest absolute Gasteiger partial charge is 0.228 e. The van der Waals surface area contributed by atoms with Crippen molar-refractivity contribution in [2.24, 2.45) is 18.0 Å². The lowest BCUT2D eigenvalue weighted by Gasteiger charge is -2.21. The van der Waals surface area contributed by atoms with Crippen LogP contribution in [0, 0.1) is 5.92 Å². The van der Waals surface area contributed by atoms with Gasteiger partial charge in [0.2, 0.25) is 11.7 Å². The first kappa shape index (κ1) is 21.4. The van der Waals surface area contributed by atoms with Crippen LogP contribution in [0.4, 0.5) is 0 Å². The Balaban J connectivity index is 1.32. The van der Waals surface area contributed by atoms with Crippen molar-refractivity contribution < 1.29 is 4.52 Å². The Labute approximate surface area is 187 Å². The summed E-state index contributed by atoms with van der Waals surface area (Å²) < 4.78 is 7.26. The van der Waals surface area contributed by atoms with Gasteiger partial charge in [0.1, 0.15) is 0 Å². The maximum Gasteiger partial charge on any atom is 0.228 e. The molecular weight excluding hydrogens is 414 g/mol. The lowest BCUT2D eigenvalue weighted by molar-refractivity contribution is 0.380. The summed E-state index contributed by atoms with van der Waals surface area (Å²) in [4.78, 5) is 11.6. The molecule has 9 heteroatoms. The lowest BCUT2D eigenvalue weighted by atomic mass is 10.0. The molecule has 31 heavy (non-hydrogen) atoms. The largest absolute Gasteiger partial charge is 0.357 e. The van der Waals surface area contributed by atoms with E-state index in [9.17, 15) is 0 Å². The molecule has 2 aromatic heterocycles. The number of guanidine groups is 1. The molecule has 1 N–H and O–H groups in total. The van der Waals surface area contributed by atoms with E-state index in [2.05, 4.69) is 38.6 Å². The molecule has 8 nitrogen and oxygen atoms in total. The van der Waals surface area contributed by atoms with Crippen LogP contribution in [0.3, 0.4) is 0 Å². The van der Waals surface area contributed by atoms with Gasteiger partial charge in [0.25, 0.3) is 0 Å². The number of nitrogens with zero attached hydrogens (tertiary/aromatic N) is 6. The summed E-state index contributed by atoms with van der Waals surface area (Å²) in [6.07, 6.45) is 6.88. The summed E-state index contributed by atoms with van der Waals surface area (Å²) in [5.41, 5.74) is 2.18. The summed E-state index contributed by atoms with van der Waals surface area (Å²) in [6.45, 7) is 5.54. The number of likely N-dealkylation sites (tertiary alicyclic amines) is 1. The van der Waals surface area contributed by atoms with Gasteiger partial charge in [-0.2, -0.15) is 10.1 Å². The van der Waals surface area contributed by atoms with Gasteiger partial charge in [0, 0.05) is 49.9 Å². The normalized spacial score (nSPS) is 16.8. The van der Waals surface area contributed by atoms with E-state index >= 15 is 0 Å². The molecule has 164 valence electrons. The molecule has 0 amide bonds. The third-order valence-electron chi connectivity index (χ3n) is 5.36. The number of hydrogen-bond donors (Lipinski definition) is 1. The van der Waals surface area contributed by atoms with Gasteiger partial charge in [-0.25, -0.2) is 0 Å². The molecule has 3 heterocycles. The van der Waals surface area contributed by atoms with Gasteiger partial charge >= 0.3 is 0 Å². The molecule has 1 aliphatic rings. The van der Waals surface area contributed by atoms with Crippen molar-refractivity contribution in [2.45, 2.75) is 26.2 Å². The molecule has 1 aromatic carbocycles. The fraction of sp³-hybridized carbons (Fsp3) is 0.455. The molecule has 1 aliphatic heterocycles. The number of hydrogen-bond acceptors (Lipinski definition) is 5. The first-order chi connectivity index (χ1) is 15.1. The Morgan fingerprint density at radius 1 is 1.32 bits per heavy atom. The van der Waals surface area contributed by atoms with Crippen molar-refractivity contribution >= 4 is 17.6 Å². The third-order valence-corrected chi connectivity index (χ3v) is 5.61. The van der Waals surface area contributed by atoms with Crippen molar-refractivity contribution in [1.82, 2.24) is 30.1 Å². The van der Waals surface area contributed by atoms with Crippen LogP contribution in [0.1, 0.15) is 24.8 Å². The zero-order valence-electron chi connectivity index (χ0n) is 18.0. The van der Waals surface area contributed by atoms with Crippen LogP contribution in [0.5, 0.6) is 0 Å². The molecule has 0 radical (unpaired) electrons. The van der Waals surface area contributed by atoms with E-state index in [0.29, 0.717) is 35.6 Å². The average molecular weight is 442 g/mol. The zero-order chi connectivity index (χ0) is 21.6. The minimum atomic E-state index is 0.570. The highest BCUT2D eigenvalue weighted by molar-refractivity contribution is 6.30. The number of aliphatic imine (C=N–C) groups is 1. The Kier molecular flexibility index (Phi) is 6.86. The number of aromatic nitrogens is 4. The van der Waals surface area contributed by atoms with Crippen LogP contribution in [-0.4, -0.2) is 57.0 Å². The van der Waals surface area contributed by atoms with Crippen molar-refractivity contribution in [3.63, 3.8) is 0 Å². The Bertz CT molecular complexity index is 1010. The van der Waals surface area contributed by atoms with Crippen LogP contribution in [0.25, 0.3) is 11.4 Å². The summed E-state index contributed by atoms with van der Waals surface area (Å²) in [5.74, 6) is 2.72. The standard InChI is InChI=1S/C22H28ClN7O/c1-3-24-22(30-11-9-16(15-30)12-17-13-26-29(2)14-17)25-10-8-20-27-21(28-31-20)18-4-6-19(23)7-5-18/h4-7,13-14,16H,3,8-12,15H2,1-2H3,(H,24,25).